The van der Waals surface area contributed by atoms with Crippen LogP contribution in [0.25, 0.3) is 10.9 Å². The molecule has 0 bridgehead atoms. The summed E-state index contributed by atoms with van der Waals surface area (Å²) >= 11 is 0. The number of benzene rings is 1. The number of aromatic nitrogens is 1. The van der Waals surface area contributed by atoms with Crippen LogP contribution >= 0.6 is 0 Å². The van der Waals surface area contributed by atoms with Gasteiger partial charge < -0.3 is 14.8 Å². The van der Waals surface area contributed by atoms with E-state index in [0.29, 0.717) is 0 Å². The molecule has 2 rings (SSSR count). The molecule has 0 spiro atoms. The van der Waals surface area contributed by atoms with E-state index >= 15 is 0 Å². The van der Waals surface area contributed by atoms with Gasteiger partial charge in [-0.25, -0.2) is 0 Å². The fourth-order valence-electron chi connectivity index (χ4n) is 1.59. The van der Waals surface area contributed by atoms with Crippen LogP contribution in [-0.4, -0.2) is 14.8 Å². The normalized spacial score (nSPS) is 10.9. The first kappa shape index (κ1) is 8.13. The number of hydrogen-bond donors (Lipinski definition) is 2. The molecule has 1 aromatic heterocycles. The number of hydrogen-bond acceptors (Lipinski definition) is 2. The molecular weight excluding hydrogens is 166 g/mol. The van der Waals surface area contributed by atoms with E-state index in [4.69, 9.17) is 5.11 Å². The number of aliphatic hydroxyl groups is 1. The second-order valence-electron chi connectivity index (χ2n) is 3.12. The number of aliphatic hydroxyl groups excluding tert-OH is 1. The largest absolute Gasteiger partial charge is 0.508 e. The Kier molecular flexibility index (Phi) is 1.74. The van der Waals surface area contributed by atoms with Gasteiger partial charge in [-0.1, -0.05) is 0 Å². The van der Waals surface area contributed by atoms with Crippen LogP contribution in [0.15, 0.2) is 24.4 Å². The number of fused-ring (bicyclic) bond motifs is 1. The fourth-order valence-corrected chi connectivity index (χ4v) is 1.59. The maximum absolute atomic E-state index is 9.27. The highest BCUT2D eigenvalue weighted by Crippen LogP contribution is 2.24. The van der Waals surface area contributed by atoms with Crippen molar-refractivity contribution in [1.29, 1.82) is 0 Å². The van der Waals surface area contributed by atoms with Crippen LogP contribution in [0.3, 0.4) is 0 Å². The lowest BCUT2D eigenvalue weighted by Crippen LogP contribution is -1.82. The molecule has 1 heterocycles. The van der Waals surface area contributed by atoms with Crippen molar-refractivity contribution in [3.8, 4) is 5.75 Å². The molecule has 0 aliphatic rings. The van der Waals surface area contributed by atoms with Crippen LogP contribution in [0.5, 0.6) is 5.75 Å². The van der Waals surface area contributed by atoms with Crippen LogP contribution in [0, 0.1) is 0 Å². The summed E-state index contributed by atoms with van der Waals surface area (Å²) in [6.45, 7) is 0.000787. The van der Waals surface area contributed by atoms with Crippen molar-refractivity contribution in [3.63, 3.8) is 0 Å². The van der Waals surface area contributed by atoms with E-state index in [9.17, 15) is 5.11 Å². The Hall–Kier alpha value is -1.48. The van der Waals surface area contributed by atoms with Crippen molar-refractivity contribution in [2.45, 2.75) is 6.61 Å². The van der Waals surface area contributed by atoms with Gasteiger partial charge >= 0.3 is 0 Å². The predicted octanol–water partition coefficient (Wildman–Crippen LogP) is 1.38. The van der Waals surface area contributed by atoms with Gasteiger partial charge in [-0.05, 0) is 18.2 Å². The van der Waals surface area contributed by atoms with Crippen LogP contribution in [0.2, 0.25) is 0 Å². The highest BCUT2D eigenvalue weighted by atomic mass is 16.3. The summed E-state index contributed by atoms with van der Waals surface area (Å²) in [6, 6.07) is 5.15. The first-order valence-corrected chi connectivity index (χ1v) is 4.10. The molecule has 0 saturated carbocycles. The lowest BCUT2D eigenvalue weighted by Gasteiger charge is -1.96. The second kappa shape index (κ2) is 2.78. The minimum absolute atomic E-state index is 0.000787. The zero-order valence-electron chi connectivity index (χ0n) is 7.36. The highest BCUT2D eigenvalue weighted by molar-refractivity contribution is 5.85. The topological polar surface area (TPSA) is 45.4 Å². The number of phenolic OH excluding ortho intramolecular Hbond substituents is 1. The van der Waals surface area contributed by atoms with Crippen molar-refractivity contribution < 1.29 is 10.2 Å². The molecule has 2 aromatic rings. The van der Waals surface area contributed by atoms with E-state index in [0.717, 1.165) is 16.5 Å². The predicted molar refractivity (Wildman–Crippen MR) is 50.5 cm³/mol. The minimum Gasteiger partial charge on any atom is -0.508 e. The summed E-state index contributed by atoms with van der Waals surface area (Å²) < 4.78 is 1.93. The smallest absolute Gasteiger partial charge is 0.116 e. The standard InChI is InChI=1S/C10H11NO2/c1-11-5-7(6-12)9-4-8(13)2-3-10(9)11/h2-5,12-13H,6H2,1H3. The second-order valence-corrected chi connectivity index (χ2v) is 3.12. The van der Waals surface area contributed by atoms with Gasteiger partial charge in [0.2, 0.25) is 0 Å². The monoisotopic (exact) mass is 177 g/mol. The number of phenols is 1. The molecule has 0 atom stereocenters. The third kappa shape index (κ3) is 1.17. The van der Waals surface area contributed by atoms with E-state index in [2.05, 4.69) is 0 Å². The van der Waals surface area contributed by atoms with Gasteiger partial charge in [-0.2, -0.15) is 0 Å². The maximum atomic E-state index is 9.27. The third-order valence-electron chi connectivity index (χ3n) is 2.23. The van der Waals surface area contributed by atoms with E-state index < -0.39 is 0 Å². The van der Waals surface area contributed by atoms with Crippen LogP contribution in [0.4, 0.5) is 0 Å². The van der Waals surface area contributed by atoms with Gasteiger partial charge in [0.25, 0.3) is 0 Å². The van der Waals surface area contributed by atoms with Crippen LogP contribution in [0.1, 0.15) is 5.56 Å². The zero-order valence-corrected chi connectivity index (χ0v) is 7.36. The van der Waals surface area contributed by atoms with Crippen molar-refractivity contribution in [2.75, 3.05) is 0 Å². The Labute approximate surface area is 75.9 Å². The fraction of sp³-hybridized carbons (Fsp3) is 0.200. The van der Waals surface area contributed by atoms with Crippen LogP contribution < -0.4 is 0 Å². The SMILES string of the molecule is Cn1cc(CO)c2cc(O)ccc21. The molecule has 68 valence electrons. The van der Waals surface area contributed by atoms with Gasteiger partial charge in [0, 0.05) is 29.7 Å². The summed E-state index contributed by atoms with van der Waals surface area (Å²) in [6.07, 6.45) is 1.87. The van der Waals surface area contributed by atoms with Crippen molar-refractivity contribution >= 4 is 10.9 Å². The van der Waals surface area contributed by atoms with Gasteiger partial charge in [0.05, 0.1) is 6.61 Å². The Balaban J connectivity index is 2.81. The lowest BCUT2D eigenvalue weighted by molar-refractivity contribution is 0.283. The molecule has 3 heteroatoms. The van der Waals surface area contributed by atoms with Gasteiger partial charge in [0.15, 0.2) is 0 Å². The van der Waals surface area contributed by atoms with E-state index in [1.54, 1.807) is 12.1 Å². The summed E-state index contributed by atoms with van der Waals surface area (Å²) in [5.41, 5.74) is 1.86. The minimum atomic E-state index is 0.000787. The molecule has 0 saturated heterocycles. The summed E-state index contributed by atoms with van der Waals surface area (Å²) in [7, 11) is 1.92. The first-order valence-electron chi connectivity index (χ1n) is 4.10. The Morgan fingerprint density at radius 3 is 2.85 bits per heavy atom. The highest BCUT2D eigenvalue weighted by Gasteiger charge is 2.05. The number of aryl methyl sites for hydroxylation is 1. The Morgan fingerprint density at radius 1 is 1.38 bits per heavy atom. The molecule has 2 N–H and O–H groups in total. The van der Waals surface area contributed by atoms with Gasteiger partial charge in [0.1, 0.15) is 5.75 Å². The molecule has 1 aromatic carbocycles. The van der Waals surface area contributed by atoms with Gasteiger partial charge in [-0.3, -0.25) is 0 Å². The zero-order chi connectivity index (χ0) is 9.42. The Bertz CT molecular complexity index is 445. The third-order valence-corrected chi connectivity index (χ3v) is 2.23. The average Bonchev–Trinajstić information content (AvgIpc) is 2.42. The van der Waals surface area contributed by atoms with E-state index in [1.165, 1.54) is 0 Å². The van der Waals surface area contributed by atoms with E-state index in [-0.39, 0.29) is 12.4 Å². The summed E-state index contributed by atoms with van der Waals surface area (Å²) in [5.74, 6) is 0.230. The molecule has 0 fully saturated rings. The molecule has 0 amide bonds. The Morgan fingerprint density at radius 2 is 2.15 bits per heavy atom. The number of nitrogens with zero attached hydrogens (tertiary/aromatic N) is 1. The molecule has 0 radical (unpaired) electrons. The lowest BCUT2D eigenvalue weighted by atomic mass is 10.2. The van der Waals surface area contributed by atoms with Crippen molar-refractivity contribution in [3.05, 3.63) is 30.0 Å². The quantitative estimate of drug-likeness (QED) is 0.691. The molecule has 0 aliphatic carbocycles. The molecule has 3 nitrogen and oxygen atoms in total. The van der Waals surface area contributed by atoms with Crippen LogP contribution in [-0.2, 0) is 13.7 Å². The number of aromatic hydroxyl groups is 1. The molecule has 0 unspecified atom stereocenters. The summed E-state index contributed by atoms with van der Waals surface area (Å²) in [4.78, 5) is 0. The molecule has 13 heavy (non-hydrogen) atoms. The van der Waals surface area contributed by atoms with Crippen molar-refractivity contribution in [1.82, 2.24) is 4.57 Å². The number of rotatable bonds is 1. The maximum Gasteiger partial charge on any atom is 0.116 e. The van der Waals surface area contributed by atoms with E-state index in [1.807, 2.05) is 23.9 Å². The molecule has 0 aliphatic heterocycles. The average molecular weight is 177 g/mol. The summed E-state index contributed by atoms with van der Waals surface area (Å²) in [5, 5.41) is 19.2. The van der Waals surface area contributed by atoms with Crippen molar-refractivity contribution in [2.24, 2.45) is 7.05 Å². The van der Waals surface area contributed by atoms with Gasteiger partial charge in [-0.15, -0.1) is 0 Å². The molecular formula is C10H11NO2. The first-order chi connectivity index (χ1) is 6.22.